The van der Waals surface area contributed by atoms with E-state index in [9.17, 15) is 4.39 Å². The summed E-state index contributed by atoms with van der Waals surface area (Å²) in [5, 5.41) is 0. The standard InChI is InChI=1S/C9H13F/c1-5-8(4)6-9(10)7(2)3/h5-6H,1H2,2-4H3/b8-6-. The van der Waals surface area contributed by atoms with Crippen LogP contribution in [0.3, 0.4) is 0 Å². The van der Waals surface area contributed by atoms with E-state index in [0.29, 0.717) is 5.57 Å². The molecule has 0 unspecified atom stereocenters. The van der Waals surface area contributed by atoms with Gasteiger partial charge in [0.05, 0.1) is 0 Å². The van der Waals surface area contributed by atoms with E-state index >= 15 is 0 Å². The van der Waals surface area contributed by atoms with Crippen LogP contribution in [0.4, 0.5) is 4.39 Å². The number of hydrogen-bond donors (Lipinski definition) is 0. The van der Waals surface area contributed by atoms with Crippen LogP contribution in [0.2, 0.25) is 0 Å². The monoisotopic (exact) mass is 140 g/mol. The van der Waals surface area contributed by atoms with Crippen molar-refractivity contribution in [2.45, 2.75) is 20.8 Å². The smallest absolute Gasteiger partial charge is 0.122 e. The largest absolute Gasteiger partial charge is 0.207 e. The van der Waals surface area contributed by atoms with Crippen molar-refractivity contribution in [3.63, 3.8) is 0 Å². The van der Waals surface area contributed by atoms with Gasteiger partial charge in [-0.05, 0) is 38.0 Å². The van der Waals surface area contributed by atoms with Gasteiger partial charge in [-0.25, -0.2) is 4.39 Å². The molecule has 0 aromatic rings. The molecule has 0 spiro atoms. The summed E-state index contributed by atoms with van der Waals surface area (Å²) in [7, 11) is 0. The molecule has 0 rings (SSSR count). The number of hydrogen-bond acceptors (Lipinski definition) is 0. The molecule has 0 saturated carbocycles. The Labute approximate surface area is 61.8 Å². The van der Waals surface area contributed by atoms with Crippen LogP contribution in [0.15, 0.2) is 35.7 Å². The lowest BCUT2D eigenvalue weighted by atomic mass is 10.2. The summed E-state index contributed by atoms with van der Waals surface area (Å²) in [6, 6.07) is 0. The van der Waals surface area contributed by atoms with Crippen LogP contribution in [0.25, 0.3) is 0 Å². The predicted molar refractivity (Wildman–Crippen MR) is 43.4 cm³/mol. The maximum Gasteiger partial charge on any atom is 0.122 e. The summed E-state index contributed by atoms with van der Waals surface area (Å²) in [4.78, 5) is 0. The highest BCUT2D eigenvalue weighted by Gasteiger charge is 1.90. The Balaban J connectivity index is 4.42. The second-order valence-electron chi connectivity index (χ2n) is 2.44. The lowest BCUT2D eigenvalue weighted by Gasteiger charge is -1.92. The predicted octanol–water partition coefficient (Wildman–Crippen LogP) is 3.38. The van der Waals surface area contributed by atoms with E-state index in [1.807, 2.05) is 6.92 Å². The van der Waals surface area contributed by atoms with Crippen molar-refractivity contribution in [3.05, 3.63) is 35.7 Å². The summed E-state index contributed by atoms with van der Waals surface area (Å²) in [5.41, 5.74) is 1.54. The maximum absolute atomic E-state index is 12.7. The first-order valence-corrected chi connectivity index (χ1v) is 3.21. The van der Waals surface area contributed by atoms with Gasteiger partial charge in [-0.1, -0.05) is 12.7 Å². The molecule has 0 aliphatic heterocycles. The molecule has 0 amide bonds. The average Bonchev–Trinajstić information content (AvgIpc) is 1.87. The minimum absolute atomic E-state index is 0.169. The fourth-order valence-electron chi connectivity index (χ4n) is 0.403. The van der Waals surface area contributed by atoms with Gasteiger partial charge in [0.25, 0.3) is 0 Å². The van der Waals surface area contributed by atoms with E-state index in [2.05, 4.69) is 6.58 Å². The first-order valence-electron chi connectivity index (χ1n) is 3.21. The molecule has 0 bridgehead atoms. The Bertz CT molecular complexity index is 181. The quantitative estimate of drug-likeness (QED) is 0.516. The van der Waals surface area contributed by atoms with Gasteiger partial charge in [-0.3, -0.25) is 0 Å². The van der Waals surface area contributed by atoms with Gasteiger partial charge < -0.3 is 0 Å². The van der Waals surface area contributed by atoms with Crippen molar-refractivity contribution in [2.24, 2.45) is 0 Å². The molecule has 0 fully saturated rings. The Morgan fingerprint density at radius 1 is 1.30 bits per heavy atom. The molecule has 0 radical (unpaired) electrons. The van der Waals surface area contributed by atoms with E-state index in [1.165, 1.54) is 6.08 Å². The van der Waals surface area contributed by atoms with E-state index in [4.69, 9.17) is 0 Å². The molecule has 0 heterocycles. The van der Waals surface area contributed by atoms with Crippen LogP contribution in [0.5, 0.6) is 0 Å². The summed E-state index contributed by atoms with van der Waals surface area (Å²) >= 11 is 0. The zero-order valence-electron chi connectivity index (χ0n) is 6.74. The average molecular weight is 140 g/mol. The van der Waals surface area contributed by atoms with Gasteiger partial charge >= 0.3 is 0 Å². The van der Waals surface area contributed by atoms with Crippen molar-refractivity contribution >= 4 is 0 Å². The first-order chi connectivity index (χ1) is 4.57. The van der Waals surface area contributed by atoms with Gasteiger partial charge in [0.15, 0.2) is 0 Å². The minimum atomic E-state index is -0.169. The number of allylic oxidation sites excluding steroid dienone is 5. The van der Waals surface area contributed by atoms with Crippen LogP contribution in [0, 0.1) is 0 Å². The van der Waals surface area contributed by atoms with E-state index in [0.717, 1.165) is 5.57 Å². The first kappa shape index (κ1) is 9.15. The SMILES string of the molecule is C=C/C(C)=C\C(F)=C(C)C. The second-order valence-corrected chi connectivity index (χ2v) is 2.44. The van der Waals surface area contributed by atoms with Gasteiger partial charge in [0.1, 0.15) is 5.83 Å². The third-order valence-electron chi connectivity index (χ3n) is 1.15. The molecule has 1 heteroatoms. The fraction of sp³-hybridized carbons (Fsp3) is 0.333. The zero-order chi connectivity index (χ0) is 8.15. The molecule has 0 saturated heterocycles. The Morgan fingerprint density at radius 3 is 2.10 bits per heavy atom. The Kier molecular flexibility index (Phi) is 3.70. The highest BCUT2D eigenvalue weighted by molar-refractivity contribution is 5.25. The van der Waals surface area contributed by atoms with Crippen molar-refractivity contribution in [3.8, 4) is 0 Å². The molecule has 0 aromatic heterocycles. The zero-order valence-corrected chi connectivity index (χ0v) is 6.74. The molecular weight excluding hydrogens is 127 g/mol. The summed E-state index contributed by atoms with van der Waals surface area (Å²) in [5.74, 6) is -0.169. The normalized spacial score (nSPS) is 11.0. The molecule has 0 atom stereocenters. The van der Waals surface area contributed by atoms with Crippen molar-refractivity contribution in [1.82, 2.24) is 0 Å². The molecule has 10 heavy (non-hydrogen) atoms. The molecule has 0 aliphatic rings. The van der Waals surface area contributed by atoms with E-state index < -0.39 is 0 Å². The van der Waals surface area contributed by atoms with Crippen LogP contribution >= 0.6 is 0 Å². The van der Waals surface area contributed by atoms with Crippen LogP contribution in [-0.2, 0) is 0 Å². The van der Waals surface area contributed by atoms with Crippen molar-refractivity contribution in [2.75, 3.05) is 0 Å². The molecule has 0 aliphatic carbocycles. The molecule has 0 aromatic carbocycles. The third-order valence-corrected chi connectivity index (χ3v) is 1.15. The lowest BCUT2D eigenvalue weighted by molar-refractivity contribution is 0.653. The van der Waals surface area contributed by atoms with Crippen LogP contribution in [-0.4, -0.2) is 0 Å². The van der Waals surface area contributed by atoms with Crippen LogP contribution in [0.1, 0.15) is 20.8 Å². The maximum atomic E-state index is 12.7. The van der Waals surface area contributed by atoms with Crippen molar-refractivity contribution < 1.29 is 4.39 Å². The minimum Gasteiger partial charge on any atom is -0.207 e. The topological polar surface area (TPSA) is 0 Å². The van der Waals surface area contributed by atoms with Gasteiger partial charge in [-0.15, -0.1) is 0 Å². The summed E-state index contributed by atoms with van der Waals surface area (Å²) in [6.07, 6.45) is 3.10. The Hall–Kier alpha value is -0.850. The van der Waals surface area contributed by atoms with Gasteiger partial charge in [0, 0.05) is 0 Å². The highest BCUT2D eigenvalue weighted by Crippen LogP contribution is 2.09. The second kappa shape index (κ2) is 4.04. The van der Waals surface area contributed by atoms with E-state index in [-0.39, 0.29) is 5.83 Å². The van der Waals surface area contributed by atoms with Crippen LogP contribution < -0.4 is 0 Å². The third kappa shape index (κ3) is 3.23. The van der Waals surface area contributed by atoms with Crippen molar-refractivity contribution in [1.29, 1.82) is 0 Å². The molecule has 0 N–H and O–H groups in total. The summed E-state index contributed by atoms with van der Waals surface area (Å²) in [6.45, 7) is 8.81. The number of rotatable bonds is 2. The fourth-order valence-corrected chi connectivity index (χ4v) is 0.403. The molecule has 0 nitrogen and oxygen atoms in total. The summed E-state index contributed by atoms with van der Waals surface area (Å²) < 4.78 is 12.7. The highest BCUT2D eigenvalue weighted by atomic mass is 19.1. The molecule has 56 valence electrons. The lowest BCUT2D eigenvalue weighted by Crippen LogP contribution is -1.73. The Morgan fingerprint density at radius 2 is 1.80 bits per heavy atom. The molecular formula is C9H13F. The van der Waals surface area contributed by atoms with Gasteiger partial charge in [-0.2, -0.15) is 0 Å². The van der Waals surface area contributed by atoms with Gasteiger partial charge in [0.2, 0.25) is 0 Å². The van der Waals surface area contributed by atoms with E-state index in [1.54, 1.807) is 19.9 Å². The number of halogens is 1.